The lowest BCUT2D eigenvalue weighted by Crippen LogP contribution is -2.21. The third-order valence-electron chi connectivity index (χ3n) is 1.47. The molecule has 6 heteroatoms. The second-order valence-electron chi connectivity index (χ2n) is 2.63. The molecule has 0 amide bonds. The average Bonchev–Trinajstić information content (AvgIpc) is 2.04. The molecule has 0 heterocycles. The average molecular weight is 267 g/mol. The minimum absolute atomic E-state index is 0. The number of hydrogen-bond acceptors (Lipinski definition) is 3. The van der Waals surface area contributed by atoms with E-state index in [1.165, 1.54) is 0 Å². The van der Waals surface area contributed by atoms with Gasteiger partial charge in [0.05, 0.1) is 0 Å². The van der Waals surface area contributed by atoms with Crippen LogP contribution in [0.4, 0.5) is 0 Å². The van der Waals surface area contributed by atoms with Gasteiger partial charge in [-0.2, -0.15) is 0 Å². The number of nitrogens with two attached hydrogens (primary N) is 2. The van der Waals surface area contributed by atoms with Gasteiger partial charge in [-0.25, -0.2) is 0 Å². The van der Waals surface area contributed by atoms with Crippen molar-refractivity contribution in [3.63, 3.8) is 0 Å². The van der Waals surface area contributed by atoms with E-state index in [1.54, 1.807) is 0 Å². The summed E-state index contributed by atoms with van der Waals surface area (Å²) in [5.41, 5.74) is 11.7. The molecule has 14 heavy (non-hydrogen) atoms. The summed E-state index contributed by atoms with van der Waals surface area (Å²) in [6.07, 6.45) is 2.22. The number of nitrogens with one attached hydrogen (secondary N) is 1. The molecule has 0 aliphatic carbocycles. The highest BCUT2D eigenvalue weighted by atomic mass is 35.5. The van der Waals surface area contributed by atoms with E-state index in [4.69, 9.17) is 11.5 Å². The van der Waals surface area contributed by atoms with Gasteiger partial charge in [0.1, 0.15) is 0 Å². The van der Waals surface area contributed by atoms with Gasteiger partial charge in [0.15, 0.2) is 0 Å². The maximum atomic E-state index is 5.35. The molecule has 90 valence electrons. The van der Waals surface area contributed by atoms with Gasteiger partial charge in [-0.05, 0) is 25.9 Å². The summed E-state index contributed by atoms with van der Waals surface area (Å²) in [5.74, 6) is 0. The Labute approximate surface area is 105 Å². The van der Waals surface area contributed by atoms with Crippen molar-refractivity contribution >= 4 is 37.2 Å². The number of rotatable bonds is 7. The van der Waals surface area contributed by atoms with Crippen molar-refractivity contribution in [3.8, 4) is 0 Å². The van der Waals surface area contributed by atoms with E-state index in [0.717, 1.165) is 38.0 Å². The molecule has 0 aromatic carbocycles. The Kier molecular flexibility index (Phi) is 32.7. The Morgan fingerprint density at radius 1 is 1.07 bits per heavy atom. The summed E-state index contributed by atoms with van der Waals surface area (Å²) < 4.78 is 0. The highest BCUT2D eigenvalue weighted by Crippen LogP contribution is 1.85. The molecule has 0 aromatic rings. The Hall–Kier alpha value is 0.490. The van der Waals surface area contributed by atoms with E-state index in [0.29, 0.717) is 6.54 Å². The first kappa shape index (κ1) is 24.0. The highest BCUT2D eigenvalue weighted by molar-refractivity contribution is 5.86. The molecule has 0 saturated carbocycles. The lowest BCUT2D eigenvalue weighted by atomic mass is 10.3. The predicted octanol–water partition coefficient (Wildman–Crippen LogP) is 1.10. The summed E-state index contributed by atoms with van der Waals surface area (Å²) >= 11 is 0. The van der Waals surface area contributed by atoms with Crippen molar-refractivity contribution in [3.05, 3.63) is 12.2 Å². The van der Waals surface area contributed by atoms with E-state index in [9.17, 15) is 0 Å². The highest BCUT2D eigenvalue weighted by Gasteiger charge is 1.89. The third-order valence-corrected chi connectivity index (χ3v) is 1.47. The van der Waals surface area contributed by atoms with E-state index >= 15 is 0 Å². The first-order valence-electron chi connectivity index (χ1n) is 4.08. The second kappa shape index (κ2) is 19.1. The summed E-state index contributed by atoms with van der Waals surface area (Å²) in [6, 6.07) is 0. The summed E-state index contributed by atoms with van der Waals surface area (Å²) in [4.78, 5) is 0. The number of hydrogen-bond donors (Lipinski definition) is 3. The van der Waals surface area contributed by atoms with Crippen molar-refractivity contribution in [2.24, 2.45) is 11.5 Å². The van der Waals surface area contributed by atoms with Crippen molar-refractivity contribution in [1.29, 1.82) is 0 Å². The fraction of sp³-hybridized carbons (Fsp3) is 0.750. The van der Waals surface area contributed by atoms with E-state index in [-0.39, 0.29) is 37.2 Å². The largest absolute Gasteiger partial charge is 0.330 e. The first-order valence-corrected chi connectivity index (χ1v) is 4.08. The van der Waals surface area contributed by atoms with E-state index in [2.05, 4.69) is 11.9 Å². The molecule has 5 N–H and O–H groups in total. The van der Waals surface area contributed by atoms with Crippen LogP contribution in [0.15, 0.2) is 12.2 Å². The minimum Gasteiger partial charge on any atom is -0.330 e. The Morgan fingerprint density at radius 3 is 2.07 bits per heavy atom. The van der Waals surface area contributed by atoms with Crippen LogP contribution in [-0.2, 0) is 0 Å². The van der Waals surface area contributed by atoms with E-state index in [1.807, 2.05) is 0 Å². The zero-order chi connectivity index (χ0) is 8.53. The van der Waals surface area contributed by atoms with E-state index < -0.39 is 0 Å². The number of unbranched alkanes of at least 4 members (excludes halogenated alkanes) is 1. The second-order valence-corrected chi connectivity index (χ2v) is 2.63. The van der Waals surface area contributed by atoms with Gasteiger partial charge in [0.2, 0.25) is 0 Å². The SMILES string of the molecule is C=C(CN)CNCCCCN.Cl.Cl.Cl. The van der Waals surface area contributed by atoms with Crippen molar-refractivity contribution in [2.45, 2.75) is 12.8 Å². The summed E-state index contributed by atoms with van der Waals surface area (Å²) in [6.45, 7) is 6.97. The monoisotopic (exact) mass is 265 g/mol. The van der Waals surface area contributed by atoms with Gasteiger partial charge >= 0.3 is 0 Å². The van der Waals surface area contributed by atoms with Gasteiger partial charge in [-0.3, -0.25) is 0 Å². The van der Waals surface area contributed by atoms with Crippen LogP contribution in [0.3, 0.4) is 0 Å². The van der Waals surface area contributed by atoms with Crippen LogP contribution in [0.1, 0.15) is 12.8 Å². The zero-order valence-corrected chi connectivity index (χ0v) is 10.8. The molecule has 0 fully saturated rings. The fourth-order valence-electron chi connectivity index (χ4n) is 0.732. The van der Waals surface area contributed by atoms with Crippen molar-refractivity contribution in [1.82, 2.24) is 5.32 Å². The van der Waals surface area contributed by atoms with Crippen LogP contribution in [0, 0.1) is 0 Å². The van der Waals surface area contributed by atoms with Crippen LogP contribution >= 0.6 is 37.2 Å². The quantitative estimate of drug-likeness (QED) is 0.478. The van der Waals surface area contributed by atoms with Crippen LogP contribution in [0.2, 0.25) is 0 Å². The molecule has 0 unspecified atom stereocenters. The Balaban J connectivity index is -0.000000167. The van der Waals surface area contributed by atoms with Crippen LogP contribution < -0.4 is 16.8 Å². The van der Waals surface area contributed by atoms with Crippen molar-refractivity contribution in [2.75, 3.05) is 26.2 Å². The standard InChI is InChI=1S/C8H19N3.3ClH/c1-8(6-10)7-11-5-3-2-4-9;;;/h11H,1-7,9-10H2;3*1H. The summed E-state index contributed by atoms with van der Waals surface area (Å²) in [5, 5.41) is 3.24. The normalized spacial score (nSPS) is 7.86. The molecular formula is C8H22Cl3N3. The van der Waals surface area contributed by atoms with Gasteiger partial charge in [0.25, 0.3) is 0 Å². The maximum absolute atomic E-state index is 5.35. The fourth-order valence-corrected chi connectivity index (χ4v) is 0.732. The summed E-state index contributed by atoms with van der Waals surface area (Å²) in [7, 11) is 0. The molecule has 0 aliphatic heterocycles. The molecule has 0 spiro atoms. The van der Waals surface area contributed by atoms with Gasteiger partial charge in [0, 0.05) is 13.1 Å². The molecule has 0 saturated heterocycles. The molecule has 0 aliphatic rings. The smallest absolute Gasteiger partial charge is 0.0174 e. The molecule has 0 rings (SSSR count). The molecule has 3 nitrogen and oxygen atoms in total. The molecular weight excluding hydrogens is 244 g/mol. The van der Waals surface area contributed by atoms with Gasteiger partial charge in [-0.1, -0.05) is 12.2 Å². The topological polar surface area (TPSA) is 64.1 Å². The van der Waals surface area contributed by atoms with Gasteiger partial charge < -0.3 is 16.8 Å². The molecule has 0 aromatic heterocycles. The predicted molar refractivity (Wildman–Crippen MR) is 71.1 cm³/mol. The lowest BCUT2D eigenvalue weighted by molar-refractivity contribution is 0.650. The van der Waals surface area contributed by atoms with Gasteiger partial charge in [-0.15, -0.1) is 37.2 Å². The molecule has 0 atom stereocenters. The van der Waals surface area contributed by atoms with Crippen LogP contribution in [0.5, 0.6) is 0 Å². The molecule has 0 bridgehead atoms. The van der Waals surface area contributed by atoms with Crippen LogP contribution in [0.25, 0.3) is 0 Å². The first-order chi connectivity index (χ1) is 5.31. The van der Waals surface area contributed by atoms with Crippen LogP contribution in [-0.4, -0.2) is 26.2 Å². The van der Waals surface area contributed by atoms with Crippen molar-refractivity contribution < 1.29 is 0 Å². The number of halogens is 3. The third kappa shape index (κ3) is 18.3. The molecule has 0 radical (unpaired) electrons. The Bertz CT molecular complexity index is 112. The zero-order valence-electron chi connectivity index (χ0n) is 8.33. The Morgan fingerprint density at radius 2 is 1.64 bits per heavy atom. The lowest BCUT2D eigenvalue weighted by Gasteiger charge is -2.04. The minimum atomic E-state index is 0. The maximum Gasteiger partial charge on any atom is 0.0174 e.